The van der Waals surface area contributed by atoms with Gasteiger partial charge in [0.25, 0.3) is 0 Å². The Morgan fingerprint density at radius 2 is 2.00 bits per heavy atom. The highest BCUT2D eigenvalue weighted by Crippen LogP contribution is 2.22. The van der Waals surface area contributed by atoms with Crippen molar-refractivity contribution in [3.05, 3.63) is 58.5 Å². The van der Waals surface area contributed by atoms with Crippen molar-refractivity contribution in [1.82, 2.24) is 10.3 Å². The van der Waals surface area contributed by atoms with Crippen LogP contribution in [-0.4, -0.2) is 17.9 Å². The van der Waals surface area contributed by atoms with E-state index in [1.54, 1.807) is 12.1 Å². The number of amides is 1. The molecule has 0 bridgehead atoms. The van der Waals surface area contributed by atoms with Crippen LogP contribution < -0.4 is 11.3 Å². The fourth-order valence-electron chi connectivity index (χ4n) is 2.03. The molecule has 0 aliphatic rings. The molecule has 1 heterocycles. The zero-order chi connectivity index (χ0) is 15.4. The van der Waals surface area contributed by atoms with E-state index in [9.17, 15) is 4.79 Å². The van der Waals surface area contributed by atoms with E-state index in [1.165, 1.54) is 0 Å². The van der Waals surface area contributed by atoms with E-state index in [-0.39, 0.29) is 11.8 Å². The van der Waals surface area contributed by atoms with Gasteiger partial charge in [0, 0.05) is 11.1 Å². The molecule has 1 unspecified atom stereocenters. The fourth-order valence-corrected chi connectivity index (χ4v) is 2.16. The number of hydrogen-bond donors (Lipinski definition) is 2. The standard InChI is InChI=1S/C15H18ClN3O2/c1-10(11-3-5-12(16)6-4-11)19(2)9-13-7-8-14(21-13)15(20)18-17/h3-8,10H,9,17H2,1-2H3,(H,18,20). The summed E-state index contributed by atoms with van der Waals surface area (Å²) in [5.41, 5.74) is 3.20. The van der Waals surface area contributed by atoms with Crippen LogP contribution in [0, 0.1) is 0 Å². The quantitative estimate of drug-likeness (QED) is 0.506. The number of nitrogen functional groups attached to an aromatic ring is 1. The summed E-state index contributed by atoms with van der Waals surface area (Å²) in [5.74, 6) is 5.55. The molecule has 6 heteroatoms. The van der Waals surface area contributed by atoms with E-state index in [0.29, 0.717) is 12.3 Å². The number of nitrogens with two attached hydrogens (primary N) is 1. The van der Waals surface area contributed by atoms with Gasteiger partial charge in [-0.1, -0.05) is 23.7 Å². The molecule has 1 amide bonds. The van der Waals surface area contributed by atoms with Crippen molar-refractivity contribution in [3.63, 3.8) is 0 Å². The van der Waals surface area contributed by atoms with E-state index < -0.39 is 5.91 Å². The second-order valence-electron chi connectivity index (χ2n) is 4.88. The van der Waals surface area contributed by atoms with Gasteiger partial charge in [-0.3, -0.25) is 15.1 Å². The topological polar surface area (TPSA) is 71.5 Å². The van der Waals surface area contributed by atoms with Gasteiger partial charge in [0.05, 0.1) is 6.54 Å². The highest BCUT2D eigenvalue weighted by atomic mass is 35.5. The molecule has 112 valence electrons. The summed E-state index contributed by atoms with van der Waals surface area (Å²) in [6.07, 6.45) is 0. The fraction of sp³-hybridized carbons (Fsp3) is 0.267. The molecule has 1 atom stereocenters. The van der Waals surface area contributed by atoms with Gasteiger partial charge in [0.15, 0.2) is 5.76 Å². The van der Waals surface area contributed by atoms with E-state index in [2.05, 4.69) is 11.8 Å². The maximum absolute atomic E-state index is 11.3. The Hall–Kier alpha value is -1.82. The molecule has 0 fully saturated rings. The molecule has 0 saturated carbocycles. The largest absolute Gasteiger partial charge is 0.455 e. The number of furan rings is 1. The monoisotopic (exact) mass is 307 g/mol. The van der Waals surface area contributed by atoms with Crippen LogP contribution in [0.2, 0.25) is 5.02 Å². The first-order valence-corrected chi connectivity index (χ1v) is 6.94. The molecule has 0 aliphatic heterocycles. The Bertz CT molecular complexity index is 610. The van der Waals surface area contributed by atoms with Crippen molar-refractivity contribution < 1.29 is 9.21 Å². The Morgan fingerprint density at radius 1 is 1.33 bits per heavy atom. The van der Waals surface area contributed by atoms with Gasteiger partial charge in [0.2, 0.25) is 0 Å². The molecule has 2 aromatic rings. The first-order chi connectivity index (χ1) is 10.0. The van der Waals surface area contributed by atoms with Gasteiger partial charge in [-0.2, -0.15) is 0 Å². The van der Waals surface area contributed by atoms with Crippen LogP contribution in [0.15, 0.2) is 40.8 Å². The number of benzene rings is 1. The van der Waals surface area contributed by atoms with Crippen molar-refractivity contribution in [2.24, 2.45) is 5.84 Å². The number of carbonyl (C=O) groups excluding carboxylic acids is 1. The van der Waals surface area contributed by atoms with Crippen LogP contribution >= 0.6 is 11.6 Å². The van der Waals surface area contributed by atoms with E-state index in [1.807, 2.05) is 36.7 Å². The number of rotatable bonds is 5. The molecule has 0 spiro atoms. The molecule has 5 nitrogen and oxygen atoms in total. The summed E-state index contributed by atoms with van der Waals surface area (Å²) < 4.78 is 5.46. The third-order valence-electron chi connectivity index (χ3n) is 3.44. The van der Waals surface area contributed by atoms with E-state index in [4.69, 9.17) is 21.9 Å². The van der Waals surface area contributed by atoms with Crippen LogP contribution in [0.3, 0.4) is 0 Å². The van der Waals surface area contributed by atoms with Gasteiger partial charge in [-0.15, -0.1) is 0 Å². The molecule has 3 N–H and O–H groups in total. The lowest BCUT2D eigenvalue weighted by Gasteiger charge is -2.24. The predicted octanol–water partition coefficient (Wildman–Crippen LogP) is 2.73. The third kappa shape index (κ3) is 3.85. The number of nitrogens with one attached hydrogen (secondary N) is 1. The van der Waals surface area contributed by atoms with Crippen molar-refractivity contribution >= 4 is 17.5 Å². The molecule has 0 radical (unpaired) electrons. The van der Waals surface area contributed by atoms with Crippen LogP contribution in [0.4, 0.5) is 0 Å². The van der Waals surface area contributed by atoms with Crippen LogP contribution in [0.1, 0.15) is 34.8 Å². The number of hydrazine groups is 1. The van der Waals surface area contributed by atoms with Crippen LogP contribution in [-0.2, 0) is 6.54 Å². The maximum Gasteiger partial charge on any atom is 0.300 e. The molecule has 0 saturated heterocycles. The molecule has 1 aromatic heterocycles. The van der Waals surface area contributed by atoms with Crippen LogP contribution in [0.5, 0.6) is 0 Å². The SMILES string of the molecule is CC(c1ccc(Cl)cc1)N(C)Cc1ccc(C(=O)NN)o1. The Labute approximate surface area is 128 Å². The summed E-state index contributed by atoms with van der Waals surface area (Å²) in [5, 5.41) is 0.720. The zero-order valence-corrected chi connectivity index (χ0v) is 12.7. The minimum atomic E-state index is -0.436. The lowest BCUT2D eigenvalue weighted by Crippen LogP contribution is -2.29. The lowest BCUT2D eigenvalue weighted by molar-refractivity contribution is 0.0921. The van der Waals surface area contributed by atoms with Gasteiger partial charge in [0.1, 0.15) is 5.76 Å². The third-order valence-corrected chi connectivity index (χ3v) is 3.69. The van der Waals surface area contributed by atoms with Crippen LogP contribution in [0.25, 0.3) is 0 Å². The van der Waals surface area contributed by atoms with Crippen molar-refractivity contribution in [1.29, 1.82) is 0 Å². The normalized spacial score (nSPS) is 12.4. The molecule has 0 aliphatic carbocycles. The zero-order valence-electron chi connectivity index (χ0n) is 12.0. The molecular weight excluding hydrogens is 290 g/mol. The summed E-state index contributed by atoms with van der Waals surface area (Å²) in [6, 6.07) is 11.3. The van der Waals surface area contributed by atoms with E-state index in [0.717, 1.165) is 10.6 Å². The minimum absolute atomic E-state index is 0.194. The Morgan fingerprint density at radius 3 is 2.62 bits per heavy atom. The summed E-state index contributed by atoms with van der Waals surface area (Å²) >= 11 is 5.90. The van der Waals surface area contributed by atoms with Crippen molar-refractivity contribution in [2.45, 2.75) is 19.5 Å². The second-order valence-corrected chi connectivity index (χ2v) is 5.32. The summed E-state index contributed by atoms with van der Waals surface area (Å²) in [4.78, 5) is 13.5. The number of carbonyl (C=O) groups is 1. The smallest absolute Gasteiger partial charge is 0.300 e. The molecule has 1 aromatic carbocycles. The first kappa shape index (κ1) is 15.6. The number of halogens is 1. The van der Waals surface area contributed by atoms with Crippen molar-refractivity contribution in [2.75, 3.05) is 7.05 Å². The average molecular weight is 308 g/mol. The van der Waals surface area contributed by atoms with Gasteiger partial charge < -0.3 is 4.42 Å². The van der Waals surface area contributed by atoms with Gasteiger partial charge in [-0.05, 0) is 43.8 Å². The number of hydrogen-bond acceptors (Lipinski definition) is 4. The highest BCUT2D eigenvalue weighted by Gasteiger charge is 2.15. The maximum atomic E-state index is 11.3. The van der Waals surface area contributed by atoms with Gasteiger partial charge in [-0.25, -0.2) is 5.84 Å². The Balaban J connectivity index is 2.03. The first-order valence-electron chi connectivity index (χ1n) is 6.56. The van der Waals surface area contributed by atoms with E-state index >= 15 is 0 Å². The second kappa shape index (κ2) is 6.76. The Kier molecular flexibility index (Phi) is 5.01. The van der Waals surface area contributed by atoms with Crippen molar-refractivity contribution in [3.8, 4) is 0 Å². The summed E-state index contributed by atoms with van der Waals surface area (Å²) in [7, 11) is 1.99. The average Bonchev–Trinajstić information content (AvgIpc) is 2.95. The highest BCUT2D eigenvalue weighted by molar-refractivity contribution is 6.30. The molecule has 21 heavy (non-hydrogen) atoms. The summed E-state index contributed by atoms with van der Waals surface area (Å²) in [6.45, 7) is 2.68. The minimum Gasteiger partial charge on any atom is -0.455 e. The number of nitrogens with zero attached hydrogens (tertiary/aromatic N) is 1. The lowest BCUT2D eigenvalue weighted by atomic mass is 10.1. The molecule has 2 rings (SSSR count). The predicted molar refractivity (Wildman–Crippen MR) is 81.7 cm³/mol. The molecular formula is C15H18ClN3O2. The van der Waals surface area contributed by atoms with Gasteiger partial charge >= 0.3 is 5.91 Å².